The van der Waals surface area contributed by atoms with E-state index in [1.165, 1.54) is 37.0 Å². The summed E-state index contributed by atoms with van der Waals surface area (Å²) in [5, 5.41) is 9.83. The lowest BCUT2D eigenvalue weighted by Gasteiger charge is -2.39. The number of carbonyl (C=O) groups excluding carboxylic acids is 1. The minimum atomic E-state index is -0.717. The van der Waals surface area contributed by atoms with E-state index in [1.54, 1.807) is 12.1 Å². The summed E-state index contributed by atoms with van der Waals surface area (Å²) in [4.78, 5) is 31.9. The zero-order valence-electron chi connectivity index (χ0n) is 26.3. The average molecular weight is 608 g/mol. The molecule has 1 N–H and O–H groups in total. The van der Waals surface area contributed by atoms with Gasteiger partial charge >= 0.3 is 12.1 Å². The van der Waals surface area contributed by atoms with Gasteiger partial charge in [-0.2, -0.15) is 0 Å². The smallest absolute Gasteiger partial charge is 0.410 e. The molecule has 0 bridgehead atoms. The first-order chi connectivity index (χ1) is 21.4. The highest BCUT2D eigenvalue weighted by Crippen LogP contribution is 2.44. The van der Waals surface area contributed by atoms with Gasteiger partial charge in [0.15, 0.2) is 0 Å². The van der Waals surface area contributed by atoms with Gasteiger partial charge in [-0.3, -0.25) is 9.69 Å². The van der Waals surface area contributed by atoms with E-state index in [2.05, 4.69) is 47.1 Å². The lowest BCUT2D eigenvalue weighted by molar-refractivity contribution is -0.140. The molecule has 44 heavy (non-hydrogen) atoms. The van der Waals surface area contributed by atoms with Crippen LogP contribution in [-0.4, -0.2) is 82.7 Å². The van der Waals surface area contributed by atoms with Crippen LogP contribution in [0, 0.1) is 11.7 Å². The lowest BCUT2D eigenvalue weighted by atomic mass is 9.88. The molecule has 2 aliphatic carbocycles. The van der Waals surface area contributed by atoms with Crippen molar-refractivity contribution in [2.45, 2.75) is 102 Å². The summed E-state index contributed by atoms with van der Waals surface area (Å²) in [6.07, 6.45) is 10.3. The highest BCUT2D eigenvalue weighted by molar-refractivity contribution is 5.69. The maximum atomic E-state index is 13.3. The SMILES string of the molecule is CCCN(C(=O)OCc1ccc(F)cc1)C1CCN(C[C@H]2CC(N(CC(=O)O)C3CCCCC3)C[C@@H]2c2ccccc2)CC1. The number of hydrogen-bond acceptors (Lipinski definition) is 5. The van der Waals surface area contributed by atoms with Gasteiger partial charge in [0.2, 0.25) is 0 Å². The van der Waals surface area contributed by atoms with Crippen LogP contribution >= 0.6 is 0 Å². The maximum absolute atomic E-state index is 13.3. The molecule has 0 radical (unpaired) electrons. The van der Waals surface area contributed by atoms with Crippen molar-refractivity contribution in [3.8, 4) is 0 Å². The Bertz CT molecular complexity index is 1180. The normalized spacial score (nSPS) is 23.6. The van der Waals surface area contributed by atoms with Gasteiger partial charge in [0.25, 0.3) is 0 Å². The van der Waals surface area contributed by atoms with Crippen molar-refractivity contribution in [1.82, 2.24) is 14.7 Å². The number of aliphatic carboxylic acids is 1. The van der Waals surface area contributed by atoms with E-state index in [1.807, 2.05) is 4.90 Å². The first-order valence-corrected chi connectivity index (χ1v) is 16.8. The molecule has 3 aliphatic rings. The van der Waals surface area contributed by atoms with Crippen LogP contribution in [0.1, 0.15) is 88.2 Å². The fourth-order valence-corrected chi connectivity index (χ4v) is 8.02. The van der Waals surface area contributed by atoms with Crippen LogP contribution in [0.5, 0.6) is 0 Å². The first-order valence-electron chi connectivity index (χ1n) is 16.8. The molecule has 1 heterocycles. The second-order valence-corrected chi connectivity index (χ2v) is 13.2. The Hall–Kier alpha value is -2.97. The summed E-state index contributed by atoms with van der Waals surface area (Å²) in [6.45, 7) is 5.88. The summed E-state index contributed by atoms with van der Waals surface area (Å²) >= 11 is 0. The van der Waals surface area contributed by atoms with Crippen molar-refractivity contribution in [2.75, 3.05) is 32.7 Å². The third-order valence-electron chi connectivity index (χ3n) is 10.2. The molecule has 0 spiro atoms. The maximum Gasteiger partial charge on any atom is 0.410 e. The number of halogens is 1. The zero-order chi connectivity index (χ0) is 30.9. The van der Waals surface area contributed by atoms with Crippen LogP contribution < -0.4 is 0 Å². The predicted molar refractivity (Wildman–Crippen MR) is 170 cm³/mol. The Morgan fingerprint density at radius 1 is 0.909 bits per heavy atom. The van der Waals surface area contributed by atoms with E-state index in [4.69, 9.17) is 4.74 Å². The molecule has 2 aromatic rings. The van der Waals surface area contributed by atoms with Gasteiger partial charge in [0.05, 0.1) is 6.54 Å². The number of rotatable bonds is 12. The molecule has 0 aromatic heterocycles. The van der Waals surface area contributed by atoms with Crippen LogP contribution in [0.2, 0.25) is 0 Å². The fraction of sp³-hybridized carbons (Fsp3) is 0.611. The first kappa shape index (κ1) is 32.4. The van der Waals surface area contributed by atoms with E-state index in [-0.39, 0.29) is 37.1 Å². The molecule has 1 saturated heterocycles. The molecular weight excluding hydrogens is 557 g/mol. The lowest BCUT2D eigenvalue weighted by Crippen LogP contribution is -2.49. The third-order valence-corrected chi connectivity index (χ3v) is 10.2. The summed E-state index contributed by atoms with van der Waals surface area (Å²) in [5.41, 5.74) is 2.14. The molecular formula is C36H50FN3O4. The van der Waals surface area contributed by atoms with Crippen LogP contribution in [0.15, 0.2) is 54.6 Å². The minimum absolute atomic E-state index is 0.138. The van der Waals surface area contributed by atoms with Crippen LogP contribution in [-0.2, 0) is 16.1 Å². The van der Waals surface area contributed by atoms with Gasteiger partial charge < -0.3 is 19.6 Å². The average Bonchev–Trinajstić information content (AvgIpc) is 3.46. The number of hydrogen-bond donors (Lipinski definition) is 1. The number of benzene rings is 2. The predicted octanol–water partition coefficient (Wildman–Crippen LogP) is 6.92. The minimum Gasteiger partial charge on any atom is -0.480 e. The number of carboxylic acid groups (broad SMARTS) is 1. The van der Waals surface area contributed by atoms with Gasteiger partial charge in [-0.05, 0) is 80.0 Å². The van der Waals surface area contributed by atoms with Crippen molar-refractivity contribution in [1.29, 1.82) is 0 Å². The highest BCUT2D eigenvalue weighted by atomic mass is 19.1. The molecule has 2 saturated carbocycles. The van der Waals surface area contributed by atoms with Crippen molar-refractivity contribution in [2.24, 2.45) is 5.92 Å². The second-order valence-electron chi connectivity index (χ2n) is 13.2. The summed E-state index contributed by atoms with van der Waals surface area (Å²) in [5.74, 6) is -0.141. The van der Waals surface area contributed by atoms with E-state index >= 15 is 0 Å². The standard InChI is InChI=1S/C36H50FN3O4/c1-2-19-39(36(43)44-26-27-13-15-30(37)16-14-27)32-17-20-38(21-18-32)24-29-22-33(23-34(29)28-9-5-3-6-10-28)40(25-35(41)42)31-11-7-4-8-12-31/h3,5-6,9-10,13-16,29,31-34H,2,4,7-8,11-12,17-26H2,1H3,(H,41,42)/t29-,33?,34-/m1/s1. The quantitative estimate of drug-likeness (QED) is 0.282. The molecule has 2 aromatic carbocycles. The number of likely N-dealkylation sites (tertiary alicyclic amines) is 1. The number of carbonyl (C=O) groups is 2. The molecule has 1 amide bonds. The fourth-order valence-electron chi connectivity index (χ4n) is 8.02. The molecule has 240 valence electrons. The number of amides is 1. The molecule has 3 fully saturated rings. The van der Waals surface area contributed by atoms with Crippen molar-refractivity contribution < 1.29 is 23.8 Å². The number of carboxylic acids is 1. The topological polar surface area (TPSA) is 73.3 Å². The van der Waals surface area contributed by atoms with Gasteiger partial charge in [0, 0.05) is 44.3 Å². The molecule has 1 aliphatic heterocycles. The van der Waals surface area contributed by atoms with E-state index in [0.29, 0.717) is 24.4 Å². The third kappa shape index (κ3) is 8.60. The van der Waals surface area contributed by atoms with Crippen LogP contribution in [0.4, 0.5) is 9.18 Å². The van der Waals surface area contributed by atoms with Crippen molar-refractivity contribution in [3.05, 3.63) is 71.5 Å². The largest absolute Gasteiger partial charge is 0.480 e. The number of ether oxygens (including phenoxy) is 1. The molecule has 3 atom stereocenters. The van der Waals surface area contributed by atoms with E-state index in [0.717, 1.165) is 70.1 Å². The highest BCUT2D eigenvalue weighted by Gasteiger charge is 2.42. The van der Waals surface area contributed by atoms with Crippen LogP contribution in [0.3, 0.4) is 0 Å². The Morgan fingerprint density at radius 2 is 1.61 bits per heavy atom. The number of nitrogens with zero attached hydrogens (tertiary/aromatic N) is 3. The second kappa shape index (κ2) is 15.8. The van der Waals surface area contributed by atoms with E-state index in [9.17, 15) is 19.1 Å². The van der Waals surface area contributed by atoms with Gasteiger partial charge in [-0.25, -0.2) is 9.18 Å². The van der Waals surface area contributed by atoms with Gasteiger partial charge in [-0.1, -0.05) is 68.7 Å². The van der Waals surface area contributed by atoms with Gasteiger partial charge in [-0.15, -0.1) is 0 Å². The molecule has 7 nitrogen and oxygen atoms in total. The summed E-state index contributed by atoms with van der Waals surface area (Å²) in [6, 6.07) is 17.7. The Balaban J connectivity index is 1.21. The summed E-state index contributed by atoms with van der Waals surface area (Å²) < 4.78 is 18.9. The molecule has 5 rings (SSSR count). The van der Waals surface area contributed by atoms with Gasteiger partial charge in [0.1, 0.15) is 12.4 Å². The van der Waals surface area contributed by atoms with E-state index < -0.39 is 5.97 Å². The zero-order valence-corrected chi connectivity index (χ0v) is 26.3. The Kier molecular flexibility index (Phi) is 11.7. The Morgan fingerprint density at radius 3 is 2.27 bits per heavy atom. The Labute approximate surface area is 262 Å². The number of piperidine rings is 1. The van der Waals surface area contributed by atoms with Crippen molar-refractivity contribution in [3.63, 3.8) is 0 Å². The monoisotopic (exact) mass is 607 g/mol. The summed E-state index contributed by atoms with van der Waals surface area (Å²) in [7, 11) is 0. The molecule has 8 heteroatoms. The van der Waals surface area contributed by atoms with Crippen molar-refractivity contribution >= 4 is 12.1 Å². The molecule has 1 unspecified atom stereocenters. The van der Waals surface area contributed by atoms with Crippen LogP contribution in [0.25, 0.3) is 0 Å².